The van der Waals surface area contributed by atoms with Crippen LogP contribution in [0.4, 0.5) is 10.8 Å². The molecule has 4 rings (SSSR count). The second-order valence-corrected chi connectivity index (χ2v) is 7.92. The molecule has 1 heterocycles. The van der Waals surface area contributed by atoms with E-state index in [0.717, 1.165) is 15.8 Å². The molecule has 1 aromatic heterocycles. The summed E-state index contributed by atoms with van der Waals surface area (Å²) in [6, 6.07) is 22.5. The van der Waals surface area contributed by atoms with E-state index in [4.69, 9.17) is 4.74 Å². The van der Waals surface area contributed by atoms with Crippen molar-refractivity contribution in [2.24, 2.45) is 0 Å². The first-order valence-corrected chi connectivity index (χ1v) is 10.6. The Balaban J connectivity index is 1.39. The number of rotatable bonds is 7. The average molecular weight is 456 g/mol. The van der Waals surface area contributed by atoms with E-state index in [1.165, 1.54) is 29.5 Å². The Hall–Kier alpha value is -4.55. The fourth-order valence-electron chi connectivity index (χ4n) is 2.95. The Morgan fingerprint density at radius 1 is 1.12 bits per heavy atom. The Kier molecular flexibility index (Phi) is 6.38. The zero-order chi connectivity index (χ0) is 23.2. The maximum atomic E-state index is 12.5. The van der Waals surface area contributed by atoms with Gasteiger partial charge in [0.2, 0.25) is 0 Å². The third kappa shape index (κ3) is 5.39. The van der Waals surface area contributed by atoms with Gasteiger partial charge in [0.05, 0.1) is 15.1 Å². The number of hydrogen-bond acceptors (Lipinski definition) is 7. The fourth-order valence-corrected chi connectivity index (χ4v) is 3.81. The Labute approximate surface area is 192 Å². The maximum absolute atomic E-state index is 12.5. The SMILES string of the molecule is N#C/C(=C\c1ccc(OCc2ccc([N+](=O)[O-])cc2)cc1)C(=O)Nc1nc2ccccc2s1. The van der Waals surface area contributed by atoms with E-state index in [1.54, 1.807) is 36.4 Å². The quantitative estimate of drug-likeness (QED) is 0.174. The van der Waals surface area contributed by atoms with Crippen molar-refractivity contribution in [3.63, 3.8) is 0 Å². The molecule has 1 amide bonds. The van der Waals surface area contributed by atoms with Crippen molar-refractivity contribution < 1.29 is 14.5 Å². The van der Waals surface area contributed by atoms with Crippen molar-refractivity contribution in [1.82, 2.24) is 4.98 Å². The fraction of sp³-hybridized carbons (Fsp3) is 0.0417. The summed E-state index contributed by atoms with van der Waals surface area (Å²) in [5, 5.41) is 23.2. The van der Waals surface area contributed by atoms with E-state index < -0.39 is 10.8 Å². The number of anilines is 1. The summed E-state index contributed by atoms with van der Waals surface area (Å²) in [6.07, 6.45) is 1.49. The standard InChI is InChI=1S/C24H16N4O4S/c25-14-18(23(29)27-24-26-21-3-1-2-4-22(21)33-24)13-16-7-11-20(12-8-16)32-15-17-5-9-19(10-6-17)28(30)31/h1-13H,15H2,(H,26,27,29)/b18-13+. The predicted octanol–water partition coefficient (Wildman–Crippen LogP) is 5.33. The molecule has 3 aromatic carbocycles. The number of hydrogen-bond donors (Lipinski definition) is 1. The normalized spacial score (nSPS) is 11.1. The number of amides is 1. The molecule has 0 unspecified atom stereocenters. The summed E-state index contributed by atoms with van der Waals surface area (Å²) in [4.78, 5) is 27.1. The molecule has 0 aliphatic rings. The molecular weight excluding hydrogens is 440 g/mol. The number of nitriles is 1. The van der Waals surface area contributed by atoms with Crippen molar-refractivity contribution in [3.05, 3.63) is 99.6 Å². The van der Waals surface area contributed by atoms with Crippen LogP contribution in [0.3, 0.4) is 0 Å². The van der Waals surface area contributed by atoms with E-state index in [2.05, 4.69) is 10.3 Å². The smallest absolute Gasteiger partial charge is 0.269 e. The van der Waals surface area contributed by atoms with Crippen molar-refractivity contribution >= 4 is 44.4 Å². The summed E-state index contributed by atoms with van der Waals surface area (Å²) >= 11 is 1.34. The number of nitro benzene ring substituents is 1. The molecule has 162 valence electrons. The lowest BCUT2D eigenvalue weighted by atomic mass is 10.1. The molecule has 0 aliphatic carbocycles. The van der Waals surface area contributed by atoms with Gasteiger partial charge in [0.25, 0.3) is 11.6 Å². The molecule has 0 saturated carbocycles. The van der Waals surface area contributed by atoms with Gasteiger partial charge in [0, 0.05) is 12.1 Å². The Morgan fingerprint density at radius 3 is 2.52 bits per heavy atom. The first-order valence-electron chi connectivity index (χ1n) is 9.77. The highest BCUT2D eigenvalue weighted by atomic mass is 32.1. The number of nitrogens with one attached hydrogen (secondary N) is 1. The van der Waals surface area contributed by atoms with E-state index in [1.807, 2.05) is 30.3 Å². The topological polar surface area (TPSA) is 118 Å². The van der Waals surface area contributed by atoms with Crippen LogP contribution in [-0.2, 0) is 11.4 Å². The first kappa shape index (κ1) is 21.7. The predicted molar refractivity (Wildman–Crippen MR) is 126 cm³/mol. The number of ether oxygens (including phenoxy) is 1. The second kappa shape index (κ2) is 9.72. The minimum atomic E-state index is -0.532. The van der Waals surface area contributed by atoms with Crippen LogP contribution in [0.5, 0.6) is 5.75 Å². The summed E-state index contributed by atoms with van der Waals surface area (Å²) in [6.45, 7) is 0.251. The lowest BCUT2D eigenvalue weighted by molar-refractivity contribution is -0.384. The number of aromatic nitrogens is 1. The van der Waals surface area contributed by atoms with Crippen molar-refractivity contribution in [2.75, 3.05) is 5.32 Å². The van der Waals surface area contributed by atoms with Gasteiger partial charge in [-0.1, -0.05) is 35.6 Å². The summed E-state index contributed by atoms with van der Waals surface area (Å²) in [5.74, 6) is 0.0537. The highest BCUT2D eigenvalue weighted by molar-refractivity contribution is 7.22. The van der Waals surface area contributed by atoms with Gasteiger partial charge in [-0.25, -0.2) is 4.98 Å². The molecule has 8 nitrogen and oxygen atoms in total. The number of benzene rings is 3. The van der Waals surface area contributed by atoms with Crippen LogP contribution in [-0.4, -0.2) is 15.8 Å². The van der Waals surface area contributed by atoms with E-state index in [0.29, 0.717) is 16.4 Å². The van der Waals surface area contributed by atoms with Crippen molar-refractivity contribution in [3.8, 4) is 11.8 Å². The molecule has 9 heteroatoms. The molecule has 33 heavy (non-hydrogen) atoms. The summed E-state index contributed by atoms with van der Waals surface area (Å²) in [7, 11) is 0. The molecular formula is C24H16N4O4S. The molecule has 0 radical (unpaired) electrons. The first-order chi connectivity index (χ1) is 16.0. The van der Waals surface area contributed by atoms with Gasteiger partial charge in [-0.15, -0.1) is 0 Å². The van der Waals surface area contributed by atoms with Crippen LogP contribution in [0.2, 0.25) is 0 Å². The van der Waals surface area contributed by atoms with Gasteiger partial charge >= 0.3 is 0 Å². The lowest BCUT2D eigenvalue weighted by Gasteiger charge is -2.07. The zero-order valence-corrected chi connectivity index (χ0v) is 17.9. The van der Waals surface area contributed by atoms with E-state index in [-0.39, 0.29) is 17.9 Å². The monoisotopic (exact) mass is 456 g/mol. The molecule has 0 aliphatic heterocycles. The number of fused-ring (bicyclic) bond motifs is 1. The molecule has 0 saturated heterocycles. The van der Waals surface area contributed by atoms with Gasteiger partial charge in [-0.05, 0) is 53.6 Å². The highest BCUT2D eigenvalue weighted by Gasteiger charge is 2.12. The van der Waals surface area contributed by atoms with E-state index in [9.17, 15) is 20.2 Å². The molecule has 1 N–H and O–H groups in total. The van der Waals surface area contributed by atoms with Crippen molar-refractivity contribution in [2.45, 2.75) is 6.61 Å². The van der Waals surface area contributed by atoms with Crippen LogP contribution in [0.15, 0.2) is 78.4 Å². The van der Waals surface area contributed by atoms with Gasteiger partial charge in [0.15, 0.2) is 5.13 Å². The van der Waals surface area contributed by atoms with Crippen LogP contribution >= 0.6 is 11.3 Å². The Morgan fingerprint density at radius 2 is 1.85 bits per heavy atom. The van der Waals surface area contributed by atoms with Gasteiger partial charge in [-0.2, -0.15) is 5.26 Å². The van der Waals surface area contributed by atoms with Crippen LogP contribution in [0.25, 0.3) is 16.3 Å². The summed E-state index contributed by atoms with van der Waals surface area (Å²) in [5.41, 5.74) is 2.21. The highest BCUT2D eigenvalue weighted by Crippen LogP contribution is 2.26. The third-order valence-corrected chi connectivity index (χ3v) is 5.58. The van der Waals surface area contributed by atoms with E-state index >= 15 is 0 Å². The minimum Gasteiger partial charge on any atom is -0.489 e. The Bertz CT molecular complexity index is 1350. The number of carbonyl (C=O) groups is 1. The number of non-ortho nitro benzene ring substituents is 1. The van der Waals surface area contributed by atoms with Crippen LogP contribution < -0.4 is 10.1 Å². The molecule has 0 fully saturated rings. The second-order valence-electron chi connectivity index (χ2n) is 6.89. The number of carbonyl (C=O) groups excluding carboxylic acids is 1. The number of nitrogens with zero attached hydrogens (tertiary/aromatic N) is 3. The maximum Gasteiger partial charge on any atom is 0.269 e. The molecule has 0 spiro atoms. The lowest BCUT2D eigenvalue weighted by Crippen LogP contribution is -2.13. The minimum absolute atomic E-state index is 0.0235. The molecule has 0 bridgehead atoms. The largest absolute Gasteiger partial charge is 0.489 e. The average Bonchev–Trinajstić information content (AvgIpc) is 3.24. The van der Waals surface area contributed by atoms with Crippen LogP contribution in [0, 0.1) is 21.4 Å². The van der Waals surface area contributed by atoms with Crippen LogP contribution in [0.1, 0.15) is 11.1 Å². The number of nitro groups is 1. The van der Waals surface area contributed by atoms with Crippen molar-refractivity contribution in [1.29, 1.82) is 5.26 Å². The molecule has 4 aromatic rings. The van der Waals surface area contributed by atoms with Gasteiger partial charge in [-0.3, -0.25) is 20.2 Å². The number of thiazole rings is 1. The summed E-state index contributed by atoms with van der Waals surface area (Å²) < 4.78 is 6.64. The van der Waals surface area contributed by atoms with Gasteiger partial charge < -0.3 is 4.74 Å². The third-order valence-electron chi connectivity index (χ3n) is 4.62. The van der Waals surface area contributed by atoms with Gasteiger partial charge in [0.1, 0.15) is 24.0 Å². The molecule has 0 atom stereocenters. The zero-order valence-electron chi connectivity index (χ0n) is 17.1. The number of para-hydroxylation sites is 1.